The van der Waals surface area contributed by atoms with E-state index >= 15 is 0 Å². The van der Waals surface area contributed by atoms with Gasteiger partial charge in [0.05, 0.1) is 29.2 Å². The van der Waals surface area contributed by atoms with Crippen molar-refractivity contribution in [3.63, 3.8) is 0 Å². The quantitative estimate of drug-likeness (QED) is 0.922. The molecule has 0 aromatic heterocycles. The fourth-order valence-corrected chi connectivity index (χ4v) is 2.93. The van der Waals surface area contributed by atoms with Gasteiger partial charge >= 0.3 is 5.97 Å². The summed E-state index contributed by atoms with van der Waals surface area (Å²) in [5.74, 6) is -1.26. The van der Waals surface area contributed by atoms with Crippen LogP contribution in [0.1, 0.15) is 15.9 Å². The number of carbonyl (C=O) groups is 1. The molecule has 0 aliphatic heterocycles. The zero-order chi connectivity index (χ0) is 15.4. The molecule has 2 aromatic rings. The van der Waals surface area contributed by atoms with Gasteiger partial charge in [-0.1, -0.05) is 6.07 Å². The van der Waals surface area contributed by atoms with Gasteiger partial charge in [0.15, 0.2) is 0 Å². The molecule has 0 spiro atoms. The number of methoxy groups -OCH3 is 1. The average molecular weight is 308 g/mol. The molecule has 0 radical (unpaired) electrons. The van der Waals surface area contributed by atoms with E-state index in [2.05, 4.69) is 0 Å². The van der Waals surface area contributed by atoms with Gasteiger partial charge < -0.3 is 9.84 Å². The average Bonchev–Trinajstić information content (AvgIpc) is 2.49. The van der Waals surface area contributed by atoms with E-state index in [1.165, 1.54) is 19.2 Å². The molecule has 4 nitrogen and oxygen atoms in total. The van der Waals surface area contributed by atoms with Gasteiger partial charge in [-0.3, -0.25) is 4.21 Å². The highest BCUT2D eigenvalue weighted by Gasteiger charge is 2.13. The molecular weight excluding hydrogens is 295 g/mol. The Hall–Kier alpha value is -2.21. The fraction of sp³-hybridized carbons (Fsp3) is 0.133. The lowest BCUT2D eigenvalue weighted by Gasteiger charge is -2.07. The monoisotopic (exact) mass is 308 g/mol. The van der Waals surface area contributed by atoms with Crippen molar-refractivity contribution >= 4 is 16.8 Å². The Balaban J connectivity index is 2.26. The topological polar surface area (TPSA) is 63.6 Å². The molecule has 2 rings (SSSR count). The van der Waals surface area contributed by atoms with Gasteiger partial charge in [0.25, 0.3) is 0 Å². The molecule has 6 heteroatoms. The molecule has 0 heterocycles. The van der Waals surface area contributed by atoms with Crippen LogP contribution in [0.2, 0.25) is 0 Å². The van der Waals surface area contributed by atoms with Crippen molar-refractivity contribution < 1.29 is 23.2 Å². The summed E-state index contributed by atoms with van der Waals surface area (Å²) in [6.45, 7) is 0. The Bertz CT molecular complexity index is 700. The third kappa shape index (κ3) is 3.66. The van der Waals surface area contributed by atoms with E-state index in [1.54, 1.807) is 24.3 Å². The van der Waals surface area contributed by atoms with Gasteiger partial charge in [0, 0.05) is 10.5 Å². The normalized spacial score (nSPS) is 11.9. The third-order valence-corrected chi connectivity index (χ3v) is 4.24. The van der Waals surface area contributed by atoms with Crippen LogP contribution in [0.4, 0.5) is 4.39 Å². The largest absolute Gasteiger partial charge is 0.497 e. The summed E-state index contributed by atoms with van der Waals surface area (Å²) in [5.41, 5.74) is 0.0742. The van der Waals surface area contributed by atoms with E-state index < -0.39 is 22.6 Å². The second-order valence-corrected chi connectivity index (χ2v) is 5.73. The van der Waals surface area contributed by atoms with E-state index in [4.69, 9.17) is 9.84 Å². The molecule has 0 aliphatic rings. The maximum atomic E-state index is 13.7. The van der Waals surface area contributed by atoms with Gasteiger partial charge in [0.1, 0.15) is 11.6 Å². The highest BCUT2D eigenvalue weighted by molar-refractivity contribution is 7.84. The van der Waals surface area contributed by atoms with Crippen LogP contribution >= 0.6 is 0 Å². The van der Waals surface area contributed by atoms with E-state index in [0.717, 1.165) is 6.07 Å². The van der Waals surface area contributed by atoms with Crippen molar-refractivity contribution in [2.45, 2.75) is 10.6 Å². The molecular formula is C15H13FO4S. The number of benzene rings is 2. The van der Waals surface area contributed by atoms with E-state index in [1.807, 2.05) is 0 Å². The first-order valence-electron chi connectivity index (χ1n) is 6.05. The van der Waals surface area contributed by atoms with Gasteiger partial charge in [-0.2, -0.15) is 0 Å². The lowest BCUT2D eigenvalue weighted by molar-refractivity contribution is 0.0696. The van der Waals surface area contributed by atoms with E-state index in [9.17, 15) is 13.4 Å². The Labute approximate surface area is 123 Å². The number of ether oxygens (including phenoxy) is 1. The second kappa shape index (κ2) is 6.49. The smallest absolute Gasteiger partial charge is 0.335 e. The molecule has 0 bridgehead atoms. The predicted octanol–water partition coefficient (Wildman–Crippen LogP) is 2.84. The minimum atomic E-state index is -1.49. The van der Waals surface area contributed by atoms with Crippen LogP contribution < -0.4 is 4.74 Å². The van der Waals surface area contributed by atoms with E-state index in [-0.39, 0.29) is 16.9 Å². The highest BCUT2D eigenvalue weighted by Crippen LogP contribution is 2.20. The van der Waals surface area contributed by atoms with Crippen LogP contribution in [0.5, 0.6) is 5.75 Å². The van der Waals surface area contributed by atoms with E-state index in [0.29, 0.717) is 10.6 Å². The van der Waals surface area contributed by atoms with Crippen LogP contribution in [0.3, 0.4) is 0 Å². The summed E-state index contributed by atoms with van der Waals surface area (Å²) in [4.78, 5) is 11.4. The van der Waals surface area contributed by atoms with Gasteiger partial charge in [-0.05, 0) is 36.4 Å². The zero-order valence-electron chi connectivity index (χ0n) is 11.2. The Morgan fingerprint density at radius 3 is 2.71 bits per heavy atom. The lowest BCUT2D eigenvalue weighted by Crippen LogP contribution is -2.03. The maximum Gasteiger partial charge on any atom is 0.335 e. The van der Waals surface area contributed by atoms with Crippen molar-refractivity contribution in [3.05, 3.63) is 59.4 Å². The van der Waals surface area contributed by atoms with Crippen LogP contribution in [0.15, 0.2) is 47.4 Å². The minimum Gasteiger partial charge on any atom is -0.497 e. The molecule has 0 saturated carbocycles. The fourth-order valence-electron chi connectivity index (χ4n) is 1.79. The molecule has 21 heavy (non-hydrogen) atoms. The third-order valence-electron chi connectivity index (χ3n) is 2.88. The van der Waals surface area contributed by atoms with Crippen molar-refractivity contribution in [1.29, 1.82) is 0 Å². The standard InChI is InChI=1S/C15H13FO4S/c1-20-12-3-2-4-13(8-12)21(19)9-11-7-10(15(17)18)5-6-14(11)16/h2-8H,9H2,1H3,(H,17,18). The zero-order valence-corrected chi connectivity index (χ0v) is 12.0. The number of carboxylic acids is 1. The first kappa shape index (κ1) is 15.2. The predicted molar refractivity (Wildman–Crippen MR) is 76.5 cm³/mol. The number of carboxylic acid groups (broad SMARTS) is 1. The Kier molecular flexibility index (Phi) is 4.70. The molecule has 0 saturated heterocycles. The van der Waals surface area contributed by atoms with Crippen molar-refractivity contribution in [2.24, 2.45) is 0 Å². The maximum absolute atomic E-state index is 13.7. The number of hydrogen-bond donors (Lipinski definition) is 1. The number of halogens is 1. The van der Waals surface area contributed by atoms with Gasteiger partial charge in [-0.15, -0.1) is 0 Å². The summed E-state index contributed by atoms with van der Waals surface area (Å²) in [5, 5.41) is 8.90. The van der Waals surface area contributed by atoms with Gasteiger partial charge in [-0.25, -0.2) is 9.18 Å². The first-order valence-corrected chi connectivity index (χ1v) is 7.37. The molecule has 0 aliphatic carbocycles. The van der Waals surface area contributed by atoms with Crippen LogP contribution in [0.25, 0.3) is 0 Å². The Morgan fingerprint density at radius 2 is 2.05 bits per heavy atom. The molecule has 2 aromatic carbocycles. The minimum absolute atomic E-state index is 0.0333. The molecule has 1 atom stereocenters. The molecule has 1 unspecified atom stereocenters. The summed E-state index contributed by atoms with van der Waals surface area (Å²) < 4.78 is 31.0. The van der Waals surface area contributed by atoms with Crippen LogP contribution in [0, 0.1) is 5.82 Å². The summed E-state index contributed by atoms with van der Waals surface area (Å²) in [6.07, 6.45) is 0. The van der Waals surface area contributed by atoms with Gasteiger partial charge in [0.2, 0.25) is 0 Å². The molecule has 1 N–H and O–H groups in total. The Morgan fingerprint density at radius 1 is 1.29 bits per heavy atom. The highest BCUT2D eigenvalue weighted by atomic mass is 32.2. The number of rotatable bonds is 5. The van der Waals surface area contributed by atoms with Crippen molar-refractivity contribution in [3.8, 4) is 5.75 Å². The molecule has 0 fully saturated rings. The number of aromatic carboxylic acids is 1. The first-order chi connectivity index (χ1) is 10.0. The summed E-state index contributed by atoms with van der Waals surface area (Å²) >= 11 is 0. The van der Waals surface area contributed by atoms with Crippen molar-refractivity contribution in [1.82, 2.24) is 0 Å². The molecule has 110 valence electrons. The summed E-state index contributed by atoms with van der Waals surface area (Å²) in [6, 6.07) is 10.1. The van der Waals surface area contributed by atoms with Crippen molar-refractivity contribution in [2.75, 3.05) is 7.11 Å². The lowest BCUT2D eigenvalue weighted by atomic mass is 10.1. The number of hydrogen-bond acceptors (Lipinski definition) is 3. The molecule has 0 amide bonds. The van der Waals surface area contributed by atoms with Crippen LogP contribution in [-0.4, -0.2) is 22.4 Å². The SMILES string of the molecule is COc1cccc(S(=O)Cc2cc(C(=O)O)ccc2F)c1. The second-order valence-electron chi connectivity index (χ2n) is 4.28. The van der Waals surface area contributed by atoms with Crippen LogP contribution in [-0.2, 0) is 16.6 Å². The summed E-state index contributed by atoms with van der Waals surface area (Å²) in [7, 11) is 0.00708.